The lowest BCUT2D eigenvalue weighted by atomic mass is 10.2. The predicted octanol–water partition coefficient (Wildman–Crippen LogP) is 3.15. The molecule has 0 saturated heterocycles. The fourth-order valence-electron chi connectivity index (χ4n) is 1.97. The number of nitrogens with zero attached hydrogens (tertiary/aromatic N) is 1. The summed E-state index contributed by atoms with van der Waals surface area (Å²) in [7, 11) is 0. The first kappa shape index (κ1) is 17.3. The molecule has 0 amide bonds. The van der Waals surface area contributed by atoms with Gasteiger partial charge in [0.2, 0.25) is 0 Å². The topological polar surface area (TPSA) is 38.5 Å². The summed E-state index contributed by atoms with van der Waals surface area (Å²) in [5, 5.41) is 0. The Kier molecular flexibility index (Phi) is 7.95. The smallest absolute Gasteiger partial charge is 0.130 e. The molecule has 0 aromatic heterocycles. The molecular weight excluding hydrogens is 288 g/mol. The molecular formula is C15H24N2OS2. The SMILES string of the molecule is CCSc1cccc(OCCN(CC)CC)c1C(N)=S. The van der Waals surface area contributed by atoms with Crippen molar-refractivity contribution >= 4 is 29.0 Å². The summed E-state index contributed by atoms with van der Waals surface area (Å²) >= 11 is 6.91. The van der Waals surface area contributed by atoms with E-state index in [1.54, 1.807) is 11.8 Å². The minimum atomic E-state index is 0.402. The van der Waals surface area contributed by atoms with Gasteiger partial charge in [-0.25, -0.2) is 0 Å². The van der Waals surface area contributed by atoms with Crippen molar-refractivity contribution < 1.29 is 4.74 Å². The fourth-order valence-corrected chi connectivity index (χ4v) is 3.09. The van der Waals surface area contributed by atoms with E-state index in [2.05, 4.69) is 25.7 Å². The Bertz CT molecular complexity index is 434. The Labute approximate surface area is 131 Å². The molecule has 1 aromatic rings. The van der Waals surface area contributed by atoms with E-state index in [1.165, 1.54) is 0 Å². The zero-order valence-corrected chi connectivity index (χ0v) is 14.1. The van der Waals surface area contributed by atoms with Gasteiger partial charge in [0, 0.05) is 11.4 Å². The highest BCUT2D eigenvalue weighted by Crippen LogP contribution is 2.30. The average molecular weight is 313 g/mol. The van der Waals surface area contributed by atoms with Gasteiger partial charge in [-0.2, -0.15) is 0 Å². The molecule has 0 spiro atoms. The van der Waals surface area contributed by atoms with E-state index < -0.39 is 0 Å². The molecule has 0 unspecified atom stereocenters. The lowest BCUT2D eigenvalue weighted by molar-refractivity contribution is 0.222. The Morgan fingerprint density at radius 2 is 2.00 bits per heavy atom. The molecule has 0 heterocycles. The summed E-state index contributed by atoms with van der Waals surface area (Å²) in [6.07, 6.45) is 0. The molecule has 0 bridgehead atoms. The molecule has 0 aliphatic carbocycles. The number of hydrogen-bond donors (Lipinski definition) is 1. The van der Waals surface area contributed by atoms with Crippen LogP contribution in [0.4, 0.5) is 0 Å². The van der Waals surface area contributed by atoms with Gasteiger partial charge < -0.3 is 15.4 Å². The Hall–Kier alpha value is -0.780. The normalized spacial score (nSPS) is 10.8. The highest BCUT2D eigenvalue weighted by atomic mass is 32.2. The minimum absolute atomic E-state index is 0.402. The van der Waals surface area contributed by atoms with Crippen molar-refractivity contribution in [3.05, 3.63) is 23.8 Å². The molecule has 0 fully saturated rings. The lowest BCUT2D eigenvalue weighted by Crippen LogP contribution is -2.28. The molecule has 0 radical (unpaired) electrons. The third-order valence-electron chi connectivity index (χ3n) is 3.09. The van der Waals surface area contributed by atoms with E-state index in [0.29, 0.717) is 11.6 Å². The third kappa shape index (κ3) is 4.96. The highest BCUT2D eigenvalue weighted by Gasteiger charge is 2.12. The van der Waals surface area contributed by atoms with Crippen LogP contribution in [0, 0.1) is 0 Å². The van der Waals surface area contributed by atoms with Crippen LogP contribution in [-0.2, 0) is 0 Å². The van der Waals surface area contributed by atoms with Gasteiger partial charge in [0.1, 0.15) is 17.3 Å². The van der Waals surface area contributed by atoms with Crippen molar-refractivity contribution in [1.82, 2.24) is 4.90 Å². The van der Waals surface area contributed by atoms with E-state index in [4.69, 9.17) is 22.7 Å². The highest BCUT2D eigenvalue weighted by molar-refractivity contribution is 7.99. The zero-order valence-electron chi connectivity index (χ0n) is 12.5. The molecule has 112 valence electrons. The largest absolute Gasteiger partial charge is 0.491 e. The van der Waals surface area contributed by atoms with Crippen LogP contribution in [0.15, 0.2) is 23.1 Å². The first-order chi connectivity index (χ1) is 9.63. The van der Waals surface area contributed by atoms with Gasteiger partial charge in [-0.1, -0.05) is 39.1 Å². The Morgan fingerprint density at radius 3 is 2.55 bits per heavy atom. The number of hydrogen-bond acceptors (Lipinski definition) is 4. The summed E-state index contributed by atoms with van der Waals surface area (Å²) in [6, 6.07) is 5.98. The van der Waals surface area contributed by atoms with Crippen LogP contribution >= 0.6 is 24.0 Å². The maximum atomic E-state index is 5.90. The van der Waals surface area contributed by atoms with Crippen molar-refractivity contribution in [3.8, 4) is 5.75 Å². The molecule has 0 aliphatic heterocycles. The first-order valence-electron chi connectivity index (χ1n) is 7.04. The number of thioether (sulfide) groups is 1. The van der Waals surface area contributed by atoms with Crippen molar-refractivity contribution in [3.63, 3.8) is 0 Å². The van der Waals surface area contributed by atoms with Crippen LogP contribution < -0.4 is 10.5 Å². The molecule has 20 heavy (non-hydrogen) atoms. The molecule has 0 saturated carbocycles. The van der Waals surface area contributed by atoms with Crippen LogP contribution in [0.2, 0.25) is 0 Å². The van der Waals surface area contributed by atoms with E-state index in [0.717, 1.165) is 41.6 Å². The Balaban J connectivity index is 2.78. The molecule has 2 N–H and O–H groups in total. The third-order valence-corrected chi connectivity index (χ3v) is 4.24. The van der Waals surface area contributed by atoms with Gasteiger partial charge in [0.05, 0.1) is 5.56 Å². The van der Waals surface area contributed by atoms with Gasteiger partial charge in [-0.15, -0.1) is 11.8 Å². The molecule has 1 rings (SSSR count). The van der Waals surface area contributed by atoms with Gasteiger partial charge in [-0.05, 0) is 31.0 Å². The average Bonchev–Trinajstić information content (AvgIpc) is 2.44. The van der Waals surface area contributed by atoms with E-state index in [-0.39, 0.29) is 0 Å². The van der Waals surface area contributed by atoms with Crippen LogP contribution in [0.1, 0.15) is 26.3 Å². The second-order valence-corrected chi connectivity index (χ2v) is 6.05. The van der Waals surface area contributed by atoms with E-state index in [9.17, 15) is 0 Å². The van der Waals surface area contributed by atoms with E-state index in [1.807, 2.05) is 18.2 Å². The molecule has 5 heteroatoms. The summed E-state index contributed by atoms with van der Waals surface area (Å²) in [6.45, 7) is 10.1. The van der Waals surface area contributed by atoms with Crippen LogP contribution in [0.3, 0.4) is 0 Å². The second kappa shape index (κ2) is 9.21. The number of ether oxygens (including phenoxy) is 1. The number of nitrogens with two attached hydrogens (primary N) is 1. The predicted molar refractivity (Wildman–Crippen MR) is 92.0 cm³/mol. The fraction of sp³-hybridized carbons (Fsp3) is 0.533. The molecule has 0 atom stereocenters. The van der Waals surface area contributed by atoms with E-state index >= 15 is 0 Å². The van der Waals surface area contributed by atoms with Crippen LogP contribution in [0.25, 0.3) is 0 Å². The zero-order chi connectivity index (χ0) is 15.0. The van der Waals surface area contributed by atoms with Crippen molar-refractivity contribution in [2.24, 2.45) is 5.73 Å². The standard InChI is InChI=1S/C15H24N2OS2/c1-4-17(5-2)10-11-18-12-8-7-9-13(20-6-3)14(12)15(16)19/h7-9H,4-6,10-11H2,1-3H3,(H2,16,19). The monoisotopic (exact) mass is 312 g/mol. The second-order valence-electron chi connectivity index (χ2n) is 4.30. The summed E-state index contributed by atoms with van der Waals surface area (Å²) in [5.74, 6) is 1.78. The maximum Gasteiger partial charge on any atom is 0.130 e. The van der Waals surface area contributed by atoms with Gasteiger partial charge in [0.25, 0.3) is 0 Å². The quantitative estimate of drug-likeness (QED) is 0.560. The summed E-state index contributed by atoms with van der Waals surface area (Å²) < 4.78 is 5.90. The summed E-state index contributed by atoms with van der Waals surface area (Å²) in [5.41, 5.74) is 6.73. The number of rotatable bonds is 9. The van der Waals surface area contributed by atoms with Crippen LogP contribution in [0.5, 0.6) is 5.75 Å². The van der Waals surface area contributed by atoms with Crippen LogP contribution in [-0.4, -0.2) is 41.9 Å². The minimum Gasteiger partial charge on any atom is -0.491 e. The van der Waals surface area contributed by atoms with Gasteiger partial charge >= 0.3 is 0 Å². The maximum absolute atomic E-state index is 5.90. The Morgan fingerprint density at radius 1 is 1.30 bits per heavy atom. The van der Waals surface area contributed by atoms with Crippen molar-refractivity contribution in [2.75, 3.05) is 32.0 Å². The molecule has 0 aliphatic rings. The molecule has 1 aromatic carbocycles. The summed E-state index contributed by atoms with van der Waals surface area (Å²) in [4.78, 5) is 3.82. The first-order valence-corrected chi connectivity index (χ1v) is 8.44. The van der Waals surface area contributed by atoms with Crippen molar-refractivity contribution in [1.29, 1.82) is 0 Å². The van der Waals surface area contributed by atoms with Crippen molar-refractivity contribution in [2.45, 2.75) is 25.7 Å². The number of likely N-dealkylation sites (N-methyl/N-ethyl adjacent to an activating group) is 1. The molecule has 3 nitrogen and oxygen atoms in total. The van der Waals surface area contributed by atoms with Gasteiger partial charge in [-0.3, -0.25) is 0 Å². The number of benzene rings is 1. The number of thiocarbonyl (C=S) groups is 1. The lowest BCUT2D eigenvalue weighted by Gasteiger charge is -2.19. The van der Waals surface area contributed by atoms with Gasteiger partial charge in [0.15, 0.2) is 0 Å².